The molecule has 0 radical (unpaired) electrons. The fraction of sp³-hybridized carbons (Fsp3) is 0.143. The quantitative estimate of drug-likeness (QED) is 0.707. The van der Waals surface area contributed by atoms with Crippen LogP contribution in [0.25, 0.3) is 22.3 Å². The largest absolute Gasteiger partial charge is 0.462 e. The first kappa shape index (κ1) is 11.5. The average Bonchev–Trinajstić information content (AvgIpc) is 3.06. The zero-order valence-corrected chi connectivity index (χ0v) is 10.4. The minimum absolute atomic E-state index is 0.303. The molecule has 0 atom stereocenters. The van der Waals surface area contributed by atoms with Gasteiger partial charge in [0.2, 0.25) is 0 Å². The van der Waals surface area contributed by atoms with E-state index in [9.17, 15) is 4.79 Å². The van der Waals surface area contributed by atoms with Gasteiger partial charge in [-0.1, -0.05) is 6.07 Å². The molecular weight excluding hydrogens is 242 g/mol. The number of fused-ring (bicyclic) bond motifs is 1. The van der Waals surface area contributed by atoms with Crippen molar-refractivity contribution in [3.8, 4) is 11.4 Å². The fourth-order valence-corrected chi connectivity index (χ4v) is 2.09. The molecule has 5 nitrogen and oxygen atoms in total. The van der Waals surface area contributed by atoms with Gasteiger partial charge in [-0.25, -0.2) is 4.79 Å². The highest BCUT2D eigenvalue weighted by atomic mass is 16.5. The molecule has 0 fully saturated rings. The van der Waals surface area contributed by atoms with Crippen molar-refractivity contribution in [2.45, 2.75) is 6.92 Å². The van der Waals surface area contributed by atoms with E-state index in [0.29, 0.717) is 12.2 Å². The average molecular weight is 255 g/mol. The molecule has 0 saturated heterocycles. The van der Waals surface area contributed by atoms with Gasteiger partial charge in [0.1, 0.15) is 0 Å². The maximum atomic E-state index is 11.9. The van der Waals surface area contributed by atoms with E-state index >= 15 is 0 Å². The predicted octanol–water partition coefficient (Wildman–Crippen LogP) is 2.73. The second-order valence-corrected chi connectivity index (χ2v) is 4.14. The molecule has 96 valence electrons. The van der Waals surface area contributed by atoms with E-state index in [2.05, 4.69) is 15.2 Å². The molecule has 0 aliphatic rings. The summed E-state index contributed by atoms with van der Waals surface area (Å²) in [7, 11) is 0. The van der Waals surface area contributed by atoms with Gasteiger partial charge < -0.3 is 9.72 Å². The summed E-state index contributed by atoms with van der Waals surface area (Å²) in [6.45, 7) is 2.16. The topological polar surface area (TPSA) is 70.8 Å². The number of H-pyrrole nitrogens is 2. The van der Waals surface area contributed by atoms with Crippen LogP contribution in [0.3, 0.4) is 0 Å². The lowest BCUT2D eigenvalue weighted by Gasteiger charge is -2.02. The van der Waals surface area contributed by atoms with Crippen molar-refractivity contribution in [2.24, 2.45) is 0 Å². The van der Waals surface area contributed by atoms with Crippen LogP contribution in [0.2, 0.25) is 0 Å². The highest BCUT2D eigenvalue weighted by Gasteiger charge is 2.13. The van der Waals surface area contributed by atoms with E-state index in [1.807, 2.05) is 24.3 Å². The summed E-state index contributed by atoms with van der Waals surface area (Å²) in [5, 5.41) is 7.66. The maximum Gasteiger partial charge on any atom is 0.338 e. The Balaban J connectivity index is 2.12. The molecule has 2 heterocycles. The summed E-state index contributed by atoms with van der Waals surface area (Å²) in [6.07, 6.45) is 1.69. The van der Waals surface area contributed by atoms with Crippen molar-refractivity contribution in [1.29, 1.82) is 0 Å². The van der Waals surface area contributed by atoms with Crippen LogP contribution in [0.1, 0.15) is 17.3 Å². The minimum atomic E-state index is -0.303. The maximum absolute atomic E-state index is 11.9. The molecule has 0 saturated carbocycles. The van der Waals surface area contributed by atoms with Gasteiger partial charge in [0.25, 0.3) is 0 Å². The number of aromatic amines is 2. The standard InChI is InChI=1S/C14H13N3O2/c1-2-19-14(18)9-4-3-5-11-10(9)8-13(16-11)12-6-7-15-17-12/h3-8,16H,2H2,1H3,(H,15,17). The van der Waals surface area contributed by atoms with Gasteiger partial charge in [0, 0.05) is 17.1 Å². The molecule has 3 aromatic rings. The number of aromatic nitrogens is 3. The molecule has 0 bridgehead atoms. The Hall–Kier alpha value is -2.56. The highest BCUT2D eigenvalue weighted by molar-refractivity contribution is 6.05. The summed E-state index contributed by atoms with van der Waals surface area (Å²) in [5.41, 5.74) is 3.24. The van der Waals surface area contributed by atoms with Crippen LogP contribution in [0.4, 0.5) is 0 Å². The van der Waals surface area contributed by atoms with E-state index < -0.39 is 0 Å². The van der Waals surface area contributed by atoms with Gasteiger partial charge in [-0.05, 0) is 31.2 Å². The molecule has 0 unspecified atom stereocenters. The summed E-state index contributed by atoms with van der Waals surface area (Å²) in [6, 6.07) is 9.33. The SMILES string of the molecule is CCOC(=O)c1cccc2[nH]c(-c3ccn[nH]3)cc12. The number of rotatable bonds is 3. The Morgan fingerprint density at radius 1 is 1.32 bits per heavy atom. The Morgan fingerprint density at radius 2 is 2.21 bits per heavy atom. The first-order chi connectivity index (χ1) is 9.29. The number of ether oxygens (including phenoxy) is 1. The lowest BCUT2D eigenvalue weighted by atomic mass is 10.1. The predicted molar refractivity (Wildman–Crippen MR) is 71.8 cm³/mol. The van der Waals surface area contributed by atoms with Gasteiger partial charge in [-0.2, -0.15) is 5.10 Å². The van der Waals surface area contributed by atoms with Gasteiger partial charge in [0.05, 0.1) is 23.6 Å². The van der Waals surface area contributed by atoms with E-state index in [1.165, 1.54) is 0 Å². The van der Waals surface area contributed by atoms with Crippen molar-refractivity contribution in [2.75, 3.05) is 6.61 Å². The number of nitrogens with one attached hydrogen (secondary N) is 2. The molecule has 2 aromatic heterocycles. The van der Waals surface area contributed by atoms with Gasteiger partial charge in [0.15, 0.2) is 0 Å². The smallest absolute Gasteiger partial charge is 0.338 e. The number of esters is 1. The van der Waals surface area contributed by atoms with Crippen LogP contribution in [-0.4, -0.2) is 27.8 Å². The Bertz CT molecular complexity index is 713. The van der Waals surface area contributed by atoms with Gasteiger partial charge in [-0.3, -0.25) is 5.10 Å². The zero-order valence-electron chi connectivity index (χ0n) is 10.4. The first-order valence-corrected chi connectivity index (χ1v) is 6.08. The van der Waals surface area contributed by atoms with Crippen molar-refractivity contribution >= 4 is 16.9 Å². The second kappa shape index (κ2) is 4.61. The molecule has 0 aliphatic heterocycles. The summed E-state index contributed by atoms with van der Waals surface area (Å²) in [4.78, 5) is 15.2. The van der Waals surface area contributed by atoms with Crippen LogP contribution in [0, 0.1) is 0 Å². The molecule has 2 N–H and O–H groups in total. The molecule has 0 aliphatic carbocycles. The Kier molecular flexibility index (Phi) is 2.79. The summed E-state index contributed by atoms with van der Waals surface area (Å²) in [5.74, 6) is -0.303. The van der Waals surface area contributed by atoms with Crippen LogP contribution in [0.5, 0.6) is 0 Å². The van der Waals surface area contributed by atoms with E-state index in [4.69, 9.17) is 4.74 Å². The molecule has 0 spiro atoms. The van der Waals surface area contributed by atoms with E-state index in [-0.39, 0.29) is 5.97 Å². The molecule has 0 amide bonds. The van der Waals surface area contributed by atoms with Gasteiger partial charge in [-0.15, -0.1) is 0 Å². The molecule has 3 rings (SSSR count). The van der Waals surface area contributed by atoms with Crippen molar-refractivity contribution < 1.29 is 9.53 Å². The van der Waals surface area contributed by atoms with E-state index in [1.54, 1.807) is 19.2 Å². The summed E-state index contributed by atoms with van der Waals surface area (Å²) < 4.78 is 5.06. The number of nitrogens with zero attached hydrogens (tertiary/aromatic N) is 1. The number of hydrogen-bond donors (Lipinski definition) is 2. The number of hydrogen-bond acceptors (Lipinski definition) is 3. The van der Waals surface area contributed by atoms with Crippen molar-refractivity contribution in [3.05, 3.63) is 42.1 Å². The molecular formula is C14H13N3O2. The molecule has 1 aromatic carbocycles. The fourth-order valence-electron chi connectivity index (χ4n) is 2.09. The van der Waals surface area contributed by atoms with Crippen LogP contribution < -0.4 is 0 Å². The third kappa shape index (κ3) is 1.99. The Morgan fingerprint density at radius 3 is 2.95 bits per heavy atom. The first-order valence-electron chi connectivity index (χ1n) is 6.08. The van der Waals surface area contributed by atoms with Crippen molar-refractivity contribution in [1.82, 2.24) is 15.2 Å². The lowest BCUT2D eigenvalue weighted by molar-refractivity contribution is 0.0528. The third-order valence-electron chi connectivity index (χ3n) is 2.95. The number of benzene rings is 1. The number of carbonyl (C=O) groups excluding carboxylic acids is 1. The monoisotopic (exact) mass is 255 g/mol. The van der Waals surface area contributed by atoms with Crippen LogP contribution in [0.15, 0.2) is 36.5 Å². The van der Waals surface area contributed by atoms with Crippen LogP contribution >= 0.6 is 0 Å². The highest BCUT2D eigenvalue weighted by Crippen LogP contribution is 2.25. The summed E-state index contributed by atoms with van der Waals surface area (Å²) >= 11 is 0. The molecule has 19 heavy (non-hydrogen) atoms. The molecule has 5 heteroatoms. The normalized spacial score (nSPS) is 10.8. The van der Waals surface area contributed by atoms with Crippen LogP contribution in [-0.2, 0) is 4.74 Å². The Labute approximate surface area is 109 Å². The minimum Gasteiger partial charge on any atom is -0.462 e. The second-order valence-electron chi connectivity index (χ2n) is 4.14. The number of carbonyl (C=O) groups is 1. The zero-order chi connectivity index (χ0) is 13.2. The van der Waals surface area contributed by atoms with Gasteiger partial charge >= 0.3 is 5.97 Å². The van der Waals surface area contributed by atoms with E-state index in [0.717, 1.165) is 22.3 Å². The van der Waals surface area contributed by atoms with Crippen molar-refractivity contribution in [3.63, 3.8) is 0 Å². The third-order valence-corrected chi connectivity index (χ3v) is 2.95. The lowest BCUT2D eigenvalue weighted by Crippen LogP contribution is -2.04.